The summed E-state index contributed by atoms with van der Waals surface area (Å²) in [7, 11) is 0. The van der Waals surface area contributed by atoms with E-state index in [-0.39, 0.29) is 5.97 Å². The van der Waals surface area contributed by atoms with Crippen LogP contribution in [0, 0.1) is 6.92 Å². The molecular weight excluding hydrogens is 288 g/mol. The minimum Gasteiger partial charge on any atom is -0.460 e. The Labute approximate surface area is 138 Å². The third-order valence-corrected chi connectivity index (χ3v) is 3.21. The molecular formula is C19H26N2O2. The number of hydrogen-bond acceptors (Lipinski definition) is 4. The molecule has 1 heterocycles. The molecule has 0 aliphatic rings. The van der Waals surface area contributed by atoms with Crippen LogP contribution in [0.3, 0.4) is 0 Å². The zero-order chi connectivity index (χ0) is 17.3. The Morgan fingerprint density at radius 2 is 1.74 bits per heavy atom. The molecule has 0 bridgehead atoms. The Kier molecular flexibility index (Phi) is 7.39. The minimum absolute atomic E-state index is 0.231. The number of ether oxygens (including phenoxy) is 1. The molecule has 0 aliphatic heterocycles. The molecule has 1 aromatic heterocycles. The van der Waals surface area contributed by atoms with E-state index in [4.69, 9.17) is 4.74 Å². The van der Waals surface area contributed by atoms with Crippen molar-refractivity contribution in [2.24, 2.45) is 0 Å². The first-order valence-electron chi connectivity index (χ1n) is 7.84. The Morgan fingerprint density at radius 3 is 2.22 bits per heavy atom. The van der Waals surface area contributed by atoms with Crippen LogP contribution in [0.4, 0.5) is 0 Å². The van der Waals surface area contributed by atoms with Gasteiger partial charge in [0.1, 0.15) is 5.60 Å². The molecule has 0 N–H and O–H groups in total. The van der Waals surface area contributed by atoms with Gasteiger partial charge >= 0.3 is 5.97 Å². The standard InChI is InChI=1S/C12H16O2.C7H10N2/c1-10(13)14-12(2,3)9-11-7-5-4-6-8-11;1-3-7-6(2)8-4-5-9-7/h4-8H,9H2,1-3H3;4-5H,3H2,1-2H3. The fourth-order valence-corrected chi connectivity index (χ4v) is 2.30. The van der Waals surface area contributed by atoms with Gasteiger partial charge in [0.05, 0.1) is 11.4 Å². The van der Waals surface area contributed by atoms with Crippen LogP contribution in [0.1, 0.15) is 44.6 Å². The molecule has 0 saturated heterocycles. The summed E-state index contributed by atoms with van der Waals surface area (Å²) in [6, 6.07) is 10.0. The third-order valence-electron chi connectivity index (χ3n) is 3.21. The lowest BCUT2D eigenvalue weighted by Crippen LogP contribution is -2.29. The molecule has 0 saturated carbocycles. The Morgan fingerprint density at radius 1 is 1.13 bits per heavy atom. The molecule has 0 atom stereocenters. The Hall–Kier alpha value is -2.23. The van der Waals surface area contributed by atoms with Gasteiger partial charge in [-0.1, -0.05) is 37.3 Å². The highest BCUT2D eigenvalue weighted by atomic mass is 16.6. The fourth-order valence-electron chi connectivity index (χ4n) is 2.30. The fraction of sp³-hybridized carbons (Fsp3) is 0.421. The van der Waals surface area contributed by atoms with Crippen molar-refractivity contribution in [1.82, 2.24) is 9.97 Å². The van der Waals surface area contributed by atoms with Crippen LogP contribution < -0.4 is 0 Å². The van der Waals surface area contributed by atoms with Crippen LogP contribution in [0.25, 0.3) is 0 Å². The van der Waals surface area contributed by atoms with E-state index in [1.807, 2.05) is 51.1 Å². The molecule has 0 fully saturated rings. The maximum atomic E-state index is 10.8. The van der Waals surface area contributed by atoms with Crippen LogP contribution >= 0.6 is 0 Å². The molecule has 4 nitrogen and oxygen atoms in total. The minimum atomic E-state index is -0.423. The molecule has 4 heteroatoms. The van der Waals surface area contributed by atoms with Crippen molar-refractivity contribution in [1.29, 1.82) is 0 Å². The highest BCUT2D eigenvalue weighted by Gasteiger charge is 2.21. The van der Waals surface area contributed by atoms with Crippen LogP contribution in [0.2, 0.25) is 0 Å². The van der Waals surface area contributed by atoms with Crippen molar-refractivity contribution >= 4 is 5.97 Å². The summed E-state index contributed by atoms with van der Waals surface area (Å²) in [5, 5.41) is 0. The summed E-state index contributed by atoms with van der Waals surface area (Å²) in [6.45, 7) is 9.33. The molecule has 2 rings (SSSR count). The molecule has 2 aromatic rings. The number of aromatic nitrogens is 2. The van der Waals surface area contributed by atoms with E-state index >= 15 is 0 Å². The summed E-state index contributed by atoms with van der Waals surface area (Å²) < 4.78 is 5.20. The molecule has 0 spiro atoms. The van der Waals surface area contributed by atoms with E-state index in [0.29, 0.717) is 0 Å². The number of carbonyl (C=O) groups excluding carboxylic acids is 1. The SMILES string of the molecule is CC(=O)OC(C)(C)Cc1ccccc1.CCc1nccnc1C. The second-order valence-electron chi connectivity index (χ2n) is 5.96. The first-order valence-corrected chi connectivity index (χ1v) is 7.84. The number of benzene rings is 1. The number of nitrogens with zero attached hydrogens (tertiary/aromatic N) is 2. The molecule has 23 heavy (non-hydrogen) atoms. The van der Waals surface area contributed by atoms with Gasteiger partial charge in [-0.2, -0.15) is 0 Å². The lowest BCUT2D eigenvalue weighted by Gasteiger charge is -2.24. The van der Waals surface area contributed by atoms with Crippen molar-refractivity contribution in [3.8, 4) is 0 Å². The van der Waals surface area contributed by atoms with Crippen LogP contribution in [-0.2, 0) is 22.4 Å². The van der Waals surface area contributed by atoms with E-state index < -0.39 is 5.60 Å². The van der Waals surface area contributed by atoms with Gasteiger partial charge < -0.3 is 4.74 Å². The Bertz CT molecular complexity index is 610. The topological polar surface area (TPSA) is 52.1 Å². The molecule has 124 valence electrons. The first-order chi connectivity index (χ1) is 10.8. The predicted molar refractivity (Wildman–Crippen MR) is 92.1 cm³/mol. The lowest BCUT2D eigenvalue weighted by molar-refractivity contribution is -0.153. The first kappa shape index (κ1) is 18.8. The van der Waals surface area contributed by atoms with Crippen molar-refractivity contribution in [2.75, 3.05) is 0 Å². The number of hydrogen-bond donors (Lipinski definition) is 0. The van der Waals surface area contributed by atoms with Crippen molar-refractivity contribution in [3.05, 3.63) is 59.7 Å². The van der Waals surface area contributed by atoms with E-state index in [1.165, 1.54) is 12.5 Å². The summed E-state index contributed by atoms with van der Waals surface area (Å²) in [5.74, 6) is -0.231. The highest BCUT2D eigenvalue weighted by molar-refractivity contribution is 5.66. The second-order valence-corrected chi connectivity index (χ2v) is 5.96. The van der Waals surface area contributed by atoms with Crippen LogP contribution in [0.5, 0.6) is 0 Å². The van der Waals surface area contributed by atoms with Gasteiger partial charge in [0.2, 0.25) is 0 Å². The van der Waals surface area contributed by atoms with E-state index in [9.17, 15) is 4.79 Å². The van der Waals surface area contributed by atoms with Gasteiger partial charge in [0.15, 0.2) is 0 Å². The van der Waals surface area contributed by atoms with Crippen molar-refractivity contribution in [3.63, 3.8) is 0 Å². The summed E-state index contributed by atoms with van der Waals surface area (Å²) in [6.07, 6.45) is 5.16. The van der Waals surface area contributed by atoms with Gasteiger partial charge in [0, 0.05) is 25.7 Å². The molecule has 0 unspecified atom stereocenters. The van der Waals surface area contributed by atoms with E-state index in [2.05, 4.69) is 16.9 Å². The average Bonchev–Trinajstić information content (AvgIpc) is 2.47. The van der Waals surface area contributed by atoms with Crippen LogP contribution in [-0.4, -0.2) is 21.5 Å². The van der Waals surface area contributed by atoms with Gasteiger partial charge in [-0.3, -0.25) is 14.8 Å². The van der Waals surface area contributed by atoms with E-state index in [0.717, 1.165) is 24.2 Å². The van der Waals surface area contributed by atoms with Gasteiger partial charge in [-0.25, -0.2) is 0 Å². The molecule has 0 radical (unpaired) electrons. The lowest BCUT2D eigenvalue weighted by atomic mass is 9.98. The number of rotatable bonds is 4. The molecule has 0 amide bonds. The van der Waals surface area contributed by atoms with Gasteiger partial charge in [-0.05, 0) is 32.8 Å². The molecule has 1 aromatic carbocycles. The number of esters is 1. The predicted octanol–water partition coefficient (Wildman–Crippen LogP) is 3.92. The van der Waals surface area contributed by atoms with Gasteiger partial charge in [0.25, 0.3) is 0 Å². The summed E-state index contributed by atoms with van der Waals surface area (Å²) in [4.78, 5) is 19.0. The van der Waals surface area contributed by atoms with E-state index in [1.54, 1.807) is 12.4 Å². The second kappa shape index (κ2) is 9.03. The summed E-state index contributed by atoms with van der Waals surface area (Å²) >= 11 is 0. The zero-order valence-electron chi connectivity index (χ0n) is 14.7. The number of aryl methyl sites for hydroxylation is 2. The van der Waals surface area contributed by atoms with Crippen molar-refractivity contribution in [2.45, 2.75) is 53.1 Å². The Balaban J connectivity index is 0.000000253. The number of carbonyl (C=O) groups is 1. The smallest absolute Gasteiger partial charge is 0.303 e. The molecule has 0 aliphatic carbocycles. The van der Waals surface area contributed by atoms with Crippen LogP contribution in [0.15, 0.2) is 42.7 Å². The quantitative estimate of drug-likeness (QED) is 0.803. The summed E-state index contributed by atoms with van der Waals surface area (Å²) in [5.41, 5.74) is 2.89. The van der Waals surface area contributed by atoms with Crippen molar-refractivity contribution < 1.29 is 9.53 Å². The third kappa shape index (κ3) is 7.54. The maximum Gasteiger partial charge on any atom is 0.303 e. The highest BCUT2D eigenvalue weighted by Crippen LogP contribution is 2.16. The normalized spacial score (nSPS) is 10.5. The maximum absolute atomic E-state index is 10.8. The monoisotopic (exact) mass is 314 g/mol. The van der Waals surface area contributed by atoms with Gasteiger partial charge in [-0.15, -0.1) is 0 Å². The largest absolute Gasteiger partial charge is 0.460 e. The zero-order valence-corrected chi connectivity index (χ0v) is 14.7. The average molecular weight is 314 g/mol.